The maximum atomic E-state index is 14.1. The molecule has 0 saturated heterocycles. The van der Waals surface area contributed by atoms with Gasteiger partial charge in [0.1, 0.15) is 23.0 Å². The van der Waals surface area contributed by atoms with Gasteiger partial charge in [-0.2, -0.15) is 9.49 Å². The average molecular weight is 369 g/mol. The SMILES string of the molecule is Cc1cc(-c2cc(-c3ncc(F)c(=O)[nH]3)nn2Cc2ccccc2F)no1. The molecule has 0 saturated carbocycles. The summed E-state index contributed by atoms with van der Waals surface area (Å²) in [5.74, 6) is -0.671. The topological polar surface area (TPSA) is 89.6 Å². The van der Waals surface area contributed by atoms with E-state index in [0.29, 0.717) is 28.4 Å². The highest BCUT2D eigenvalue weighted by Crippen LogP contribution is 2.25. The largest absolute Gasteiger partial charge is 0.361 e. The molecule has 3 heterocycles. The summed E-state index contributed by atoms with van der Waals surface area (Å²) in [7, 11) is 0. The van der Waals surface area contributed by atoms with Gasteiger partial charge in [-0.15, -0.1) is 0 Å². The van der Waals surface area contributed by atoms with Crippen molar-refractivity contribution in [1.29, 1.82) is 0 Å². The van der Waals surface area contributed by atoms with Crippen molar-refractivity contribution in [2.75, 3.05) is 0 Å². The van der Waals surface area contributed by atoms with Crippen molar-refractivity contribution in [2.45, 2.75) is 13.5 Å². The zero-order valence-corrected chi connectivity index (χ0v) is 14.1. The summed E-state index contributed by atoms with van der Waals surface area (Å²) >= 11 is 0. The summed E-state index contributed by atoms with van der Waals surface area (Å²) in [6.07, 6.45) is 0.823. The molecule has 0 aliphatic carbocycles. The molecular formula is C18H13F2N5O2. The Balaban J connectivity index is 1.83. The third-order valence-corrected chi connectivity index (χ3v) is 3.95. The number of aromatic nitrogens is 5. The first-order chi connectivity index (χ1) is 13.0. The maximum absolute atomic E-state index is 14.1. The van der Waals surface area contributed by atoms with Crippen LogP contribution in [0.4, 0.5) is 8.78 Å². The van der Waals surface area contributed by atoms with E-state index in [1.165, 1.54) is 10.7 Å². The molecule has 0 spiro atoms. The van der Waals surface area contributed by atoms with Crippen LogP contribution in [-0.2, 0) is 6.54 Å². The molecule has 7 nitrogen and oxygen atoms in total. The van der Waals surface area contributed by atoms with Crippen LogP contribution < -0.4 is 5.56 Å². The summed E-state index contributed by atoms with van der Waals surface area (Å²) in [5, 5.41) is 8.35. The Morgan fingerprint density at radius 1 is 1.15 bits per heavy atom. The van der Waals surface area contributed by atoms with E-state index in [9.17, 15) is 13.6 Å². The van der Waals surface area contributed by atoms with Gasteiger partial charge >= 0.3 is 0 Å². The van der Waals surface area contributed by atoms with Crippen molar-refractivity contribution < 1.29 is 13.3 Å². The molecule has 0 amide bonds. The third kappa shape index (κ3) is 3.26. The zero-order chi connectivity index (χ0) is 19.0. The Bertz CT molecular complexity index is 1180. The van der Waals surface area contributed by atoms with Gasteiger partial charge in [0.25, 0.3) is 5.56 Å². The Labute approximate surface area is 151 Å². The molecular weight excluding hydrogens is 356 g/mol. The summed E-state index contributed by atoms with van der Waals surface area (Å²) in [4.78, 5) is 17.7. The molecule has 0 radical (unpaired) electrons. The van der Waals surface area contributed by atoms with Gasteiger partial charge in [0.15, 0.2) is 5.82 Å². The monoisotopic (exact) mass is 369 g/mol. The van der Waals surface area contributed by atoms with Gasteiger partial charge in [-0.05, 0) is 19.1 Å². The van der Waals surface area contributed by atoms with Crippen molar-refractivity contribution in [3.8, 4) is 22.9 Å². The minimum Gasteiger partial charge on any atom is -0.361 e. The number of aromatic amines is 1. The zero-order valence-electron chi connectivity index (χ0n) is 14.1. The van der Waals surface area contributed by atoms with Gasteiger partial charge in [0.2, 0.25) is 5.82 Å². The number of rotatable bonds is 4. The first-order valence-corrected chi connectivity index (χ1v) is 8.01. The van der Waals surface area contributed by atoms with Gasteiger partial charge in [-0.25, -0.2) is 9.37 Å². The normalized spacial score (nSPS) is 11.1. The second kappa shape index (κ2) is 6.60. The molecule has 0 aliphatic rings. The van der Waals surface area contributed by atoms with Gasteiger partial charge in [-0.1, -0.05) is 23.4 Å². The molecule has 0 fully saturated rings. The van der Waals surface area contributed by atoms with E-state index in [0.717, 1.165) is 6.20 Å². The van der Waals surface area contributed by atoms with Crippen LogP contribution in [0.5, 0.6) is 0 Å². The van der Waals surface area contributed by atoms with Crippen molar-refractivity contribution in [3.05, 3.63) is 75.9 Å². The number of H-pyrrole nitrogens is 1. The molecule has 3 aromatic heterocycles. The van der Waals surface area contributed by atoms with Crippen LogP contribution in [0.25, 0.3) is 22.9 Å². The van der Waals surface area contributed by atoms with Gasteiger partial charge in [-0.3, -0.25) is 9.48 Å². The van der Waals surface area contributed by atoms with Crippen LogP contribution in [0.1, 0.15) is 11.3 Å². The average Bonchev–Trinajstić information content (AvgIpc) is 3.25. The molecule has 27 heavy (non-hydrogen) atoms. The van der Waals surface area contributed by atoms with Gasteiger partial charge in [0.05, 0.1) is 18.4 Å². The second-order valence-electron chi connectivity index (χ2n) is 5.90. The highest BCUT2D eigenvalue weighted by molar-refractivity contribution is 5.62. The van der Waals surface area contributed by atoms with Crippen molar-refractivity contribution in [3.63, 3.8) is 0 Å². The van der Waals surface area contributed by atoms with Crippen LogP contribution in [0.15, 0.2) is 51.9 Å². The minimum atomic E-state index is -0.989. The number of halogens is 2. The quantitative estimate of drug-likeness (QED) is 0.597. The number of hydrogen-bond acceptors (Lipinski definition) is 5. The Morgan fingerprint density at radius 2 is 1.96 bits per heavy atom. The van der Waals surface area contributed by atoms with E-state index in [4.69, 9.17) is 4.52 Å². The summed E-state index contributed by atoms with van der Waals surface area (Å²) in [6, 6.07) is 9.66. The summed E-state index contributed by atoms with van der Waals surface area (Å²) < 4.78 is 33.9. The van der Waals surface area contributed by atoms with Gasteiger partial charge in [0, 0.05) is 11.6 Å². The molecule has 9 heteroatoms. The van der Waals surface area contributed by atoms with Crippen LogP contribution >= 0.6 is 0 Å². The third-order valence-electron chi connectivity index (χ3n) is 3.95. The molecule has 4 aromatic rings. The predicted octanol–water partition coefficient (Wildman–Crippen LogP) is 2.92. The lowest BCUT2D eigenvalue weighted by Crippen LogP contribution is -2.12. The van der Waals surface area contributed by atoms with E-state index in [1.54, 1.807) is 37.3 Å². The first kappa shape index (κ1) is 16.8. The lowest BCUT2D eigenvalue weighted by atomic mass is 10.2. The van der Waals surface area contributed by atoms with Crippen molar-refractivity contribution in [1.82, 2.24) is 24.9 Å². The van der Waals surface area contributed by atoms with E-state index in [-0.39, 0.29) is 18.2 Å². The van der Waals surface area contributed by atoms with E-state index < -0.39 is 11.4 Å². The van der Waals surface area contributed by atoms with E-state index in [1.807, 2.05) is 0 Å². The van der Waals surface area contributed by atoms with E-state index in [2.05, 4.69) is 20.2 Å². The molecule has 1 aromatic carbocycles. The van der Waals surface area contributed by atoms with Crippen LogP contribution in [0, 0.1) is 18.6 Å². The lowest BCUT2D eigenvalue weighted by Gasteiger charge is -2.06. The van der Waals surface area contributed by atoms with E-state index >= 15 is 0 Å². The summed E-state index contributed by atoms with van der Waals surface area (Å²) in [5.41, 5.74) is 0.847. The van der Waals surface area contributed by atoms with Crippen molar-refractivity contribution in [2.24, 2.45) is 0 Å². The Hall–Kier alpha value is -3.62. The highest BCUT2D eigenvalue weighted by atomic mass is 19.1. The number of benzene rings is 1. The standard InChI is InChI=1S/C18H13F2N5O2/c1-10-6-14(24-27-10)16-7-15(17-21-8-13(20)18(26)22-17)23-25(16)9-11-4-2-3-5-12(11)19/h2-8H,9H2,1H3,(H,21,22,26). The van der Waals surface area contributed by atoms with Crippen LogP contribution in [0.2, 0.25) is 0 Å². The number of aryl methyl sites for hydroxylation is 1. The summed E-state index contributed by atoms with van der Waals surface area (Å²) in [6.45, 7) is 1.87. The molecule has 0 unspecified atom stereocenters. The highest BCUT2D eigenvalue weighted by Gasteiger charge is 2.17. The van der Waals surface area contributed by atoms with Crippen molar-refractivity contribution >= 4 is 0 Å². The number of nitrogens with one attached hydrogen (secondary N) is 1. The molecule has 136 valence electrons. The molecule has 0 bridgehead atoms. The fourth-order valence-electron chi connectivity index (χ4n) is 2.64. The fraction of sp³-hybridized carbons (Fsp3) is 0.111. The number of nitrogens with zero attached hydrogens (tertiary/aromatic N) is 4. The lowest BCUT2D eigenvalue weighted by molar-refractivity contribution is 0.399. The van der Waals surface area contributed by atoms with Gasteiger partial charge < -0.3 is 9.51 Å². The van der Waals surface area contributed by atoms with Crippen LogP contribution in [0.3, 0.4) is 0 Å². The molecule has 1 N–H and O–H groups in total. The Kier molecular flexibility index (Phi) is 4.11. The number of hydrogen-bond donors (Lipinski definition) is 1. The fourth-order valence-corrected chi connectivity index (χ4v) is 2.64. The minimum absolute atomic E-state index is 0.0927. The molecule has 0 aliphatic heterocycles. The second-order valence-corrected chi connectivity index (χ2v) is 5.90. The Morgan fingerprint density at radius 3 is 2.67 bits per heavy atom. The molecule has 4 rings (SSSR count). The van der Waals surface area contributed by atoms with Crippen LogP contribution in [-0.4, -0.2) is 24.9 Å². The maximum Gasteiger partial charge on any atom is 0.287 e. The first-order valence-electron chi connectivity index (χ1n) is 8.01. The predicted molar refractivity (Wildman–Crippen MR) is 91.8 cm³/mol. The smallest absolute Gasteiger partial charge is 0.287 e. The molecule has 0 atom stereocenters.